The van der Waals surface area contributed by atoms with E-state index in [0.29, 0.717) is 167 Å². The Labute approximate surface area is 516 Å². The van der Waals surface area contributed by atoms with Crippen molar-refractivity contribution in [2.24, 2.45) is 0 Å². The number of aliphatic hydroxyl groups excluding tert-OH is 1. The van der Waals surface area contributed by atoms with Crippen molar-refractivity contribution in [1.82, 2.24) is 35.2 Å². The number of aliphatic carboxylic acids is 2. The van der Waals surface area contributed by atoms with Gasteiger partial charge >= 0.3 is 18.1 Å². The van der Waals surface area contributed by atoms with Crippen LogP contribution in [0.4, 0.5) is 18.9 Å². The fraction of sp³-hybridized carbons (Fsp3) is 0.603. The van der Waals surface area contributed by atoms with E-state index >= 15 is 0 Å². The third kappa shape index (κ3) is 33.5. The van der Waals surface area contributed by atoms with Crippen LogP contribution in [-0.2, 0) is 68.0 Å². The van der Waals surface area contributed by atoms with Gasteiger partial charge in [0, 0.05) is 108 Å². The SMILES string of the molecule is CN(C(=O)c1ccc(Cl)c(-c2ccc(C(F)(F)F)nc2)c1)c1ccccc1OCCC(=O)NCCOCCOCCOCCOCCOCCOCCOCCOCCNC(=O)CN1CCN(CC=O)CCN(CC(=O)O)CCN(CC(=O)O)CC1.CO. The number of aliphatic hydroxyl groups is 1. The van der Waals surface area contributed by atoms with E-state index in [2.05, 4.69) is 15.6 Å². The number of para-hydroxylation sites is 2. The molecule has 0 spiro atoms. The number of aldehydes is 1. The first-order valence-corrected chi connectivity index (χ1v) is 29.1. The molecule has 88 heavy (non-hydrogen) atoms. The van der Waals surface area contributed by atoms with Gasteiger partial charge in [0.05, 0.1) is 151 Å². The molecule has 26 nitrogen and oxygen atoms in total. The minimum atomic E-state index is -4.60. The lowest BCUT2D eigenvalue weighted by atomic mass is 10.0. The number of anilines is 1. The molecule has 30 heteroatoms. The summed E-state index contributed by atoms with van der Waals surface area (Å²) in [5.41, 5.74) is 0.257. The number of carbonyl (C=O) groups excluding carboxylic acids is 4. The number of halogens is 4. The zero-order chi connectivity index (χ0) is 64.2. The molecular weight excluding hydrogens is 1190 g/mol. The number of carboxylic acid groups (broad SMARTS) is 2. The summed E-state index contributed by atoms with van der Waals surface area (Å²) < 4.78 is 89.3. The molecule has 4 rings (SSSR count). The summed E-state index contributed by atoms with van der Waals surface area (Å²) in [4.78, 5) is 85.2. The Morgan fingerprint density at radius 3 is 1.45 bits per heavy atom. The van der Waals surface area contributed by atoms with E-state index in [1.54, 1.807) is 41.1 Å². The summed E-state index contributed by atoms with van der Waals surface area (Å²) in [5, 5.41) is 31.6. The molecule has 2 heterocycles. The third-order valence-corrected chi connectivity index (χ3v) is 13.1. The van der Waals surface area contributed by atoms with E-state index in [9.17, 15) is 52.2 Å². The van der Waals surface area contributed by atoms with Crippen molar-refractivity contribution < 1.29 is 99.9 Å². The van der Waals surface area contributed by atoms with Crippen molar-refractivity contribution in [3.63, 3.8) is 0 Å². The first kappa shape index (κ1) is 76.2. The van der Waals surface area contributed by atoms with Crippen molar-refractivity contribution in [2.75, 3.05) is 223 Å². The van der Waals surface area contributed by atoms with Gasteiger partial charge in [-0.1, -0.05) is 29.8 Å². The van der Waals surface area contributed by atoms with Crippen LogP contribution < -0.4 is 20.3 Å². The fourth-order valence-electron chi connectivity index (χ4n) is 8.25. The van der Waals surface area contributed by atoms with Gasteiger partial charge in [-0.15, -0.1) is 0 Å². The van der Waals surface area contributed by atoms with Crippen LogP contribution in [0.3, 0.4) is 0 Å². The second-order valence-electron chi connectivity index (χ2n) is 19.2. The molecule has 0 bridgehead atoms. The Bertz CT molecular complexity index is 2460. The molecule has 1 aromatic heterocycles. The Kier molecular flexibility index (Phi) is 39.9. The molecule has 1 fully saturated rings. The maximum Gasteiger partial charge on any atom is 0.433 e. The Hall–Kier alpha value is -6.03. The molecule has 3 aromatic rings. The van der Waals surface area contributed by atoms with Gasteiger partial charge < -0.3 is 78.3 Å². The Morgan fingerprint density at radius 2 is 1.02 bits per heavy atom. The largest absolute Gasteiger partial charge is 0.491 e. The van der Waals surface area contributed by atoms with Crippen molar-refractivity contribution in [2.45, 2.75) is 12.6 Å². The second-order valence-corrected chi connectivity index (χ2v) is 19.6. The van der Waals surface area contributed by atoms with Crippen molar-refractivity contribution >= 4 is 53.2 Å². The average Bonchev–Trinajstić information content (AvgIpc) is 3.19. The van der Waals surface area contributed by atoms with E-state index in [1.165, 1.54) is 29.2 Å². The molecule has 3 amide bonds. The summed E-state index contributed by atoms with van der Waals surface area (Å²) in [5.74, 6) is -2.52. The summed E-state index contributed by atoms with van der Waals surface area (Å²) in [6.45, 7) is 9.49. The van der Waals surface area contributed by atoms with E-state index in [-0.39, 0.29) is 87.9 Å². The summed E-state index contributed by atoms with van der Waals surface area (Å²) in [7, 11) is 2.55. The Balaban J connectivity index is 0.0000100. The van der Waals surface area contributed by atoms with Gasteiger partial charge in [0.15, 0.2) is 0 Å². The molecule has 1 aliphatic rings. The lowest BCUT2D eigenvalue weighted by Crippen LogP contribution is -2.49. The molecule has 1 saturated heterocycles. The number of aromatic nitrogens is 1. The summed E-state index contributed by atoms with van der Waals surface area (Å²) in [6, 6.07) is 13.4. The fourth-order valence-corrected chi connectivity index (χ4v) is 8.48. The number of pyridine rings is 1. The predicted octanol–water partition coefficient (Wildman–Crippen LogP) is 2.03. The van der Waals surface area contributed by atoms with Gasteiger partial charge in [0.1, 0.15) is 17.7 Å². The highest BCUT2D eigenvalue weighted by molar-refractivity contribution is 6.33. The third-order valence-electron chi connectivity index (χ3n) is 12.8. The van der Waals surface area contributed by atoms with Crippen LogP contribution in [0.15, 0.2) is 60.8 Å². The molecule has 494 valence electrons. The zero-order valence-corrected chi connectivity index (χ0v) is 50.9. The maximum atomic E-state index is 13.6. The number of carboxylic acids is 2. The highest BCUT2D eigenvalue weighted by Gasteiger charge is 2.32. The van der Waals surface area contributed by atoms with Crippen molar-refractivity contribution in [3.05, 3.63) is 77.1 Å². The van der Waals surface area contributed by atoms with Crippen LogP contribution in [0, 0.1) is 0 Å². The normalized spacial score (nSPS) is 14.0. The summed E-state index contributed by atoms with van der Waals surface area (Å²) in [6.07, 6.45) is -2.71. The topological polar surface area (TPSA) is 299 Å². The molecule has 2 aromatic carbocycles. The van der Waals surface area contributed by atoms with Crippen molar-refractivity contribution in [1.29, 1.82) is 0 Å². The molecule has 0 radical (unpaired) electrons. The first-order chi connectivity index (χ1) is 42.5. The van der Waals surface area contributed by atoms with Crippen LogP contribution >= 0.6 is 11.6 Å². The number of rotatable bonds is 42. The van der Waals surface area contributed by atoms with Crippen LogP contribution in [0.25, 0.3) is 11.1 Å². The predicted molar refractivity (Wildman–Crippen MR) is 317 cm³/mol. The molecule has 0 atom stereocenters. The summed E-state index contributed by atoms with van der Waals surface area (Å²) >= 11 is 6.35. The van der Waals surface area contributed by atoms with Crippen LogP contribution in [0.5, 0.6) is 5.75 Å². The van der Waals surface area contributed by atoms with Gasteiger partial charge in [-0.3, -0.25) is 48.6 Å². The number of amides is 3. The van der Waals surface area contributed by atoms with Gasteiger partial charge in [-0.2, -0.15) is 13.2 Å². The number of benzene rings is 2. The van der Waals surface area contributed by atoms with E-state index in [1.807, 2.05) is 9.80 Å². The molecule has 0 aliphatic carbocycles. The smallest absolute Gasteiger partial charge is 0.433 e. The van der Waals surface area contributed by atoms with E-state index in [0.717, 1.165) is 25.7 Å². The molecule has 5 N–H and O–H groups in total. The number of hydrogen-bond acceptors (Lipinski definition) is 21. The van der Waals surface area contributed by atoms with Gasteiger partial charge in [-0.05, 0) is 36.4 Å². The highest BCUT2D eigenvalue weighted by atomic mass is 35.5. The number of nitrogens with zero attached hydrogens (tertiary/aromatic N) is 6. The molecule has 0 saturated carbocycles. The standard InChI is InChI=1S/C57H82ClF3N8O17.CH4O/c1-65(56(77)45-6-8-48(58)47(40-45)46-7-9-51(64-41-46)57(59,60)61)49-4-2-3-5-50(49)86-23-10-52(71)62-11-24-78-26-28-80-30-32-82-34-36-84-38-39-85-37-35-83-33-31-81-29-27-79-25-12-63-53(72)42-67-15-13-66(21-22-70)14-16-68(43-54(73)74)19-20-69(18-17-67)44-55(75)76;1-2/h2-9,22,40-41H,10-21,23-39,42-44H2,1H3,(H,62,71)(H,63,72)(H,73,74)(H,75,76);2H,1H3. The van der Waals surface area contributed by atoms with Crippen molar-refractivity contribution in [3.8, 4) is 16.9 Å². The average molecular weight is 1280 g/mol. The maximum absolute atomic E-state index is 13.6. The molecular formula is C58H86ClF3N8O18. The lowest BCUT2D eigenvalue weighted by Gasteiger charge is -2.32. The van der Waals surface area contributed by atoms with Crippen LogP contribution in [0.2, 0.25) is 5.02 Å². The monoisotopic (exact) mass is 1270 g/mol. The van der Waals surface area contributed by atoms with E-state index in [4.69, 9.17) is 59.3 Å². The van der Waals surface area contributed by atoms with Gasteiger partial charge in [0.25, 0.3) is 5.91 Å². The Morgan fingerprint density at radius 1 is 0.591 bits per heavy atom. The number of ether oxygens (including phenoxy) is 9. The number of hydrogen-bond donors (Lipinski definition) is 5. The van der Waals surface area contributed by atoms with Gasteiger partial charge in [-0.25, -0.2) is 0 Å². The minimum absolute atomic E-state index is 0.0304. The number of alkyl halides is 3. The quantitative estimate of drug-likeness (QED) is 0.0400. The minimum Gasteiger partial charge on any atom is -0.491 e. The molecule has 0 unspecified atom stereocenters. The first-order valence-electron chi connectivity index (χ1n) is 28.7. The zero-order valence-electron chi connectivity index (χ0n) is 50.1. The van der Waals surface area contributed by atoms with E-state index < -0.39 is 29.7 Å². The molecule has 1 aliphatic heterocycles. The number of nitrogens with one attached hydrogen (secondary N) is 2. The van der Waals surface area contributed by atoms with Crippen LogP contribution in [-0.4, -0.2) is 294 Å². The van der Waals surface area contributed by atoms with Crippen LogP contribution in [0.1, 0.15) is 22.5 Å². The van der Waals surface area contributed by atoms with Gasteiger partial charge in [0.2, 0.25) is 11.8 Å². The number of carbonyl (C=O) groups is 6. The lowest BCUT2D eigenvalue weighted by molar-refractivity contribution is -0.141. The highest BCUT2D eigenvalue weighted by Crippen LogP contribution is 2.34. The second kappa shape index (κ2) is 46.1.